The minimum Gasteiger partial charge on any atom is -0.205 e. The Balaban J connectivity index is 2.85. The van der Waals surface area contributed by atoms with E-state index in [9.17, 15) is 52.7 Å². The van der Waals surface area contributed by atoms with Gasteiger partial charge in [0.2, 0.25) is 0 Å². The molecule has 0 nitrogen and oxygen atoms in total. The maximum absolute atomic E-state index is 14.6. The van der Waals surface area contributed by atoms with Gasteiger partial charge in [-0.3, -0.25) is 0 Å². The highest BCUT2D eigenvalue weighted by Gasteiger charge is 2.34. The Kier molecular flexibility index (Phi) is 4.47. The first kappa shape index (κ1) is 19.8. The van der Waals surface area contributed by atoms with Gasteiger partial charge in [-0.1, -0.05) is 0 Å². The minimum absolute atomic E-state index is 2.07. The number of benzene rings is 3. The third kappa shape index (κ3) is 2.36. The van der Waals surface area contributed by atoms with Crippen LogP contribution in [0.15, 0.2) is 6.08 Å². The first-order chi connectivity index (χ1) is 12.9. The number of hydrogen-bond acceptors (Lipinski definition) is 0. The predicted octanol–water partition coefficient (Wildman–Crippen LogP) is 6.78. The van der Waals surface area contributed by atoms with E-state index in [1.54, 1.807) is 0 Å². The lowest BCUT2D eigenvalue weighted by Gasteiger charge is -2.14. The van der Waals surface area contributed by atoms with Gasteiger partial charge in [0.15, 0.2) is 46.5 Å². The van der Waals surface area contributed by atoms with Crippen LogP contribution in [-0.4, -0.2) is 0 Å². The first-order valence-corrected chi connectivity index (χ1v) is 6.77. The molecule has 0 bridgehead atoms. The fourth-order valence-corrected chi connectivity index (χ4v) is 2.68. The summed E-state index contributed by atoms with van der Waals surface area (Å²) in [7, 11) is 0. The zero-order chi connectivity index (χ0) is 21.2. The number of hydrogen-bond donors (Lipinski definition) is 0. The van der Waals surface area contributed by atoms with Gasteiger partial charge in [-0.15, -0.1) is 0 Å². The van der Waals surface area contributed by atoms with E-state index >= 15 is 0 Å². The van der Waals surface area contributed by atoms with E-state index in [0.717, 1.165) is 0 Å². The highest BCUT2D eigenvalue weighted by atomic mass is 19.3. The van der Waals surface area contributed by atoms with Crippen LogP contribution in [0.4, 0.5) is 52.7 Å². The minimum atomic E-state index is -3.39. The van der Waals surface area contributed by atoms with Crippen molar-refractivity contribution in [3.8, 4) is 0 Å². The number of fused-ring (bicyclic) bond motifs is 2. The monoisotopic (exact) mass is 420 g/mol. The van der Waals surface area contributed by atoms with Crippen molar-refractivity contribution in [3.63, 3.8) is 0 Å². The molecule has 3 aromatic carbocycles. The molecule has 0 unspecified atom stereocenters. The van der Waals surface area contributed by atoms with Gasteiger partial charge < -0.3 is 0 Å². The standard InChI is InChI=1S/C16F12/c17-6-1-2(8(19)13(24)9(20)3(1)12(23)16(27)28)7(18)5-4(6)10(21)14(25)15(26)11(5)22. The van der Waals surface area contributed by atoms with Crippen molar-refractivity contribution in [1.82, 2.24) is 0 Å². The van der Waals surface area contributed by atoms with E-state index < -0.39 is 91.4 Å². The summed E-state index contributed by atoms with van der Waals surface area (Å²) in [6.07, 6.45) is -3.39. The molecule has 0 heterocycles. The molecular weight excluding hydrogens is 420 g/mol. The molecule has 12 heteroatoms. The maximum Gasteiger partial charge on any atom is 0.306 e. The maximum atomic E-state index is 14.6. The van der Waals surface area contributed by atoms with Crippen LogP contribution < -0.4 is 0 Å². The molecule has 0 aliphatic heterocycles. The van der Waals surface area contributed by atoms with Gasteiger partial charge in [-0.2, -0.15) is 8.78 Å². The largest absolute Gasteiger partial charge is 0.306 e. The summed E-state index contributed by atoms with van der Waals surface area (Å²) >= 11 is 0. The molecule has 0 saturated carbocycles. The van der Waals surface area contributed by atoms with Crippen molar-refractivity contribution in [3.05, 3.63) is 64.0 Å². The van der Waals surface area contributed by atoms with E-state index in [-0.39, 0.29) is 0 Å². The van der Waals surface area contributed by atoms with Crippen molar-refractivity contribution >= 4 is 27.4 Å². The fraction of sp³-hybridized carbons (Fsp3) is 0. The van der Waals surface area contributed by atoms with Crippen molar-refractivity contribution in [2.75, 3.05) is 0 Å². The molecule has 0 spiro atoms. The second-order valence-corrected chi connectivity index (χ2v) is 5.28. The summed E-state index contributed by atoms with van der Waals surface area (Å²) in [5, 5.41) is -8.40. The summed E-state index contributed by atoms with van der Waals surface area (Å²) in [5.74, 6) is -26.7. The molecule has 0 N–H and O–H groups in total. The molecule has 28 heavy (non-hydrogen) atoms. The van der Waals surface area contributed by atoms with Gasteiger partial charge in [0, 0.05) is 5.39 Å². The highest BCUT2D eigenvalue weighted by molar-refractivity contribution is 6.05. The molecule has 0 saturated heterocycles. The van der Waals surface area contributed by atoms with Crippen LogP contribution in [0, 0.1) is 52.4 Å². The Morgan fingerprint density at radius 1 is 0.357 bits per heavy atom. The Morgan fingerprint density at radius 2 is 0.679 bits per heavy atom. The van der Waals surface area contributed by atoms with Crippen LogP contribution in [0.25, 0.3) is 27.4 Å². The average molecular weight is 420 g/mol. The summed E-state index contributed by atoms with van der Waals surface area (Å²) < 4.78 is 164. The van der Waals surface area contributed by atoms with Crippen LogP contribution in [0.5, 0.6) is 0 Å². The van der Waals surface area contributed by atoms with E-state index in [1.165, 1.54) is 0 Å². The Bertz CT molecular complexity index is 1220. The topological polar surface area (TPSA) is 0 Å². The Labute approximate surface area is 145 Å². The summed E-state index contributed by atoms with van der Waals surface area (Å²) in [6, 6.07) is 0. The molecule has 0 amide bonds. The SMILES string of the molecule is FC(F)=C(F)c1c(F)c(F)c(F)c2c(F)c3c(F)c(F)c(F)c(F)c3c(F)c12. The van der Waals surface area contributed by atoms with E-state index in [2.05, 4.69) is 0 Å². The van der Waals surface area contributed by atoms with Gasteiger partial charge in [-0.05, 0) is 0 Å². The van der Waals surface area contributed by atoms with Gasteiger partial charge in [0.05, 0.1) is 21.7 Å². The van der Waals surface area contributed by atoms with Gasteiger partial charge in [0.25, 0.3) is 0 Å². The Hall–Kier alpha value is -2.92. The van der Waals surface area contributed by atoms with Crippen molar-refractivity contribution in [2.24, 2.45) is 0 Å². The number of rotatable bonds is 1. The Morgan fingerprint density at radius 3 is 1.07 bits per heavy atom. The normalized spacial score (nSPS) is 11.6. The van der Waals surface area contributed by atoms with Crippen LogP contribution >= 0.6 is 0 Å². The van der Waals surface area contributed by atoms with E-state index in [0.29, 0.717) is 0 Å². The average Bonchev–Trinajstić information content (AvgIpc) is 2.64. The summed E-state index contributed by atoms with van der Waals surface area (Å²) in [4.78, 5) is 0. The number of halogens is 12. The lowest BCUT2D eigenvalue weighted by atomic mass is 9.95. The molecule has 0 aliphatic rings. The van der Waals surface area contributed by atoms with Gasteiger partial charge >= 0.3 is 6.08 Å². The van der Waals surface area contributed by atoms with Crippen molar-refractivity contribution < 1.29 is 52.7 Å². The lowest BCUT2D eigenvalue weighted by Crippen LogP contribution is -2.08. The smallest absolute Gasteiger partial charge is 0.205 e. The zero-order valence-electron chi connectivity index (χ0n) is 12.5. The molecule has 0 aromatic heterocycles. The fourth-order valence-electron chi connectivity index (χ4n) is 2.68. The van der Waals surface area contributed by atoms with Crippen LogP contribution in [0.2, 0.25) is 0 Å². The third-order valence-electron chi connectivity index (χ3n) is 3.85. The quantitative estimate of drug-likeness (QED) is 0.176. The van der Waals surface area contributed by atoms with Gasteiger partial charge in [-0.25, -0.2) is 43.9 Å². The van der Waals surface area contributed by atoms with E-state index in [1.807, 2.05) is 0 Å². The van der Waals surface area contributed by atoms with Crippen LogP contribution in [0.3, 0.4) is 0 Å². The molecule has 0 fully saturated rings. The predicted molar refractivity (Wildman–Crippen MR) is 71.3 cm³/mol. The van der Waals surface area contributed by atoms with Crippen molar-refractivity contribution in [1.29, 1.82) is 0 Å². The third-order valence-corrected chi connectivity index (χ3v) is 3.85. The van der Waals surface area contributed by atoms with Crippen LogP contribution in [-0.2, 0) is 0 Å². The van der Waals surface area contributed by atoms with Gasteiger partial charge in [0.1, 0.15) is 11.6 Å². The molecule has 3 aromatic rings. The van der Waals surface area contributed by atoms with Crippen molar-refractivity contribution in [2.45, 2.75) is 0 Å². The second-order valence-electron chi connectivity index (χ2n) is 5.28. The molecule has 3 rings (SSSR count). The van der Waals surface area contributed by atoms with E-state index in [4.69, 9.17) is 0 Å². The highest BCUT2D eigenvalue weighted by Crippen LogP contribution is 2.42. The first-order valence-electron chi connectivity index (χ1n) is 6.77. The summed E-state index contributed by atoms with van der Waals surface area (Å²) in [5.41, 5.74) is -2.36. The molecule has 0 radical (unpaired) electrons. The zero-order valence-corrected chi connectivity index (χ0v) is 12.5. The van der Waals surface area contributed by atoms with Crippen LogP contribution in [0.1, 0.15) is 5.56 Å². The lowest BCUT2D eigenvalue weighted by molar-refractivity contribution is 0.406. The second kappa shape index (κ2) is 6.31. The molecular formula is C16F12. The molecule has 148 valence electrons. The molecule has 0 aliphatic carbocycles. The molecule has 0 atom stereocenters. The summed E-state index contributed by atoms with van der Waals surface area (Å²) in [6.45, 7) is 0.